The van der Waals surface area contributed by atoms with Crippen molar-refractivity contribution in [3.05, 3.63) is 34.3 Å². The summed E-state index contributed by atoms with van der Waals surface area (Å²) >= 11 is 0. The first-order valence-corrected chi connectivity index (χ1v) is 9.77. The summed E-state index contributed by atoms with van der Waals surface area (Å²) in [6, 6.07) is 6.48. The van der Waals surface area contributed by atoms with E-state index < -0.39 is 0 Å². The van der Waals surface area contributed by atoms with Crippen molar-refractivity contribution in [2.75, 3.05) is 13.1 Å². The summed E-state index contributed by atoms with van der Waals surface area (Å²) in [5.74, 6) is 0.0787. The van der Waals surface area contributed by atoms with Gasteiger partial charge in [0.25, 0.3) is 0 Å². The van der Waals surface area contributed by atoms with Gasteiger partial charge in [-0.15, -0.1) is 0 Å². The Morgan fingerprint density at radius 2 is 1.85 bits per heavy atom. The van der Waals surface area contributed by atoms with Gasteiger partial charge >= 0.3 is 11.8 Å². The number of benzene rings is 1. The molecule has 0 spiro atoms. The van der Waals surface area contributed by atoms with Gasteiger partial charge in [-0.05, 0) is 49.3 Å². The molecule has 1 saturated heterocycles. The van der Waals surface area contributed by atoms with Crippen molar-refractivity contribution in [2.45, 2.75) is 56.9 Å². The number of piperidine rings is 1. The maximum Gasteiger partial charge on any atom is 0.419 e. The lowest BCUT2D eigenvalue weighted by Gasteiger charge is -2.34. The van der Waals surface area contributed by atoms with E-state index in [9.17, 15) is 9.59 Å². The number of nitrogens with zero attached hydrogens (tertiary/aromatic N) is 2. The third-order valence-electron chi connectivity index (χ3n) is 6.00. The van der Waals surface area contributed by atoms with Crippen LogP contribution in [0.15, 0.2) is 27.4 Å². The highest BCUT2D eigenvalue weighted by Crippen LogP contribution is 2.30. The lowest BCUT2D eigenvalue weighted by molar-refractivity contribution is 0.174. The predicted octanol–water partition coefficient (Wildman–Crippen LogP) is 3.35. The highest BCUT2D eigenvalue weighted by atomic mass is 16.4. The number of fused-ring (bicyclic) bond motifs is 1. The number of urea groups is 1. The van der Waals surface area contributed by atoms with E-state index in [1.807, 2.05) is 17.0 Å². The van der Waals surface area contributed by atoms with Crippen LogP contribution in [0.4, 0.5) is 4.79 Å². The Kier molecular flexibility index (Phi) is 4.74. The SMILES string of the molecule is Cn1c(=O)oc2cc(C3CCN(C(=O)NC4CCCCC4)CC3)ccc21. The third-order valence-corrected chi connectivity index (χ3v) is 6.00. The number of oxazole rings is 1. The van der Waals surface area contributed by atoms with Crippen molar-refractivity contribution in [2.24, 2.45) is 7.05 Å². The zero-order valence-corrected chi connectivity index (χ0v) is 15.4. The second-order valence-corrected chi connectivity index (χ2v) is 7.70. The number of carbonyl (C=O) groups is 1. The zero-order valence-electron chi connectivity index (χ0n) is 15.4. The van der Waals surface area contributed by atoms with E-state index in [1.165, 1.54) is 29.4 Å². The van der Waals surface area contributed by atoms with E-state index in [1.54, 1.807) is 7.05 Å². The molecule has 1 aromatic carbocycles. The summed E-state index contributed by atoms with van der Waals surface area (Å²) in [5.41, 5.74) is 2.66. The average Bonchev–Trinajstić information content (AvgIpc) is 2.96. The maximum absolute atomic E-state index is 12.5. The highest BCUT2D eigenvalue weighted by molar-refractivity contribution is 5.75. The number of likely N-dealkylation sites (tertiary alicyclic amines) is 1. The maximum atomic E-state index is 12.5. The highest BCUT2D eigenvalue weighted by Gasteiger charge is 2.26. The first-order valence-electron chi connectivity index (χ1n) is 9.77. The lowest BCUT2D eigenvalue weighted by Crippen LogP contribution is -2.48. The Morgan fingerprint density at radius 1 is 1.12 bits per heavy atom. The molecule has 2 aromatic rings. The van der Waals surface area contributed by atoms with Crippen molar-refractivity contribution >= 4 is 17.1 Å². The van der Waals surface area contributed by atoms with Crippen molar-refractivity contribution in [3.8, 4) is 0 Å². The van der Waals surface area contributed by atoms with Gasteiger partial charge < -0.3 is 14.6 Å². The monoisotopic (exact) mass is 357 g/mol. The van der Waals surface area contributed by atoms with Gasteiger partial charge in [0, 0.05) is 26.2 Å². The molecule has 0 atom stereocenters. The van der Waals surface area contributed by atoms with E-state index in [4.69, 9.17) is 4.42 Å². The van der Waals surface area contributed by atoms with E-state index in [0.717, 1.165) is 44.3 Å². The third kappa shape index (κ3) is 3.37. The lowest BCUT2D eigenvalue weighted by atomic mass is 9.89. The number of hydrogen-bond acceptors (Lipinski definition) is 3. The summed E-state index contributed by atoms with van der Waals surface area (Å²) in [6.45, 7) is 1.56. The molecule has 6 nitrogen and oxygen atoms in total. The molecule has 6 heteroatoms. The Morgan fingerprint density at radius 3 is 2.58 bits per heavy atom. The normalized spacial score (nSPS) is 19.8. The average molecular weight is 357 g/mol. The van der Waals surface area contributed by atoms with E-state index in [0.29, 0.717) is 17.5 Å². The fourth-order valence-corrected chi connectivity index (χ4v) is 4.33. The molecule has 1 aliphatic heterocycles. The van der Waals surface area contributed by atoms with Crippen LogP contribution in [0.3, 0.4) is 0 Å². The van der Waals surface area contributed by atoms with Gasteiger partial charge in [-0.2, -0.15) is 0 Å². The number of rotatable bonds is 2. The topological polar surface area (TPSA) is 67.5 Å². The van der Waals surface area contributed by atoms with Crippen LogP contribution in [0, 0.1) is 0 Å². The quantitative estimate of drug-likeness (QED) is 0.896. The van der Waals surface area contributed by atoms with Crippen molar-refractivity contribution in [1.82, 2.24) is 14.8 Å². The van der Waals surface area contributed by atoms with Crippen molar-refractivity contribution in [3.63, 3.8) is 0 Å². The molecule has 0 radical (unpaired) electrons. The molecule has 1 aliphatic carbocycles. The summed E-state index contributed by atoms with van der Waals surface area (Å²) in [5, 5.41) is 3.21. The minimum Gasteiger partial charge on any atom is -0.408 e. The van der Waals surface area contributed by atoms with E-state index in [2.05, 4.69) is 11.4 Å². The first-order chi connectivity index (χ1) is 12.6. The molecule has 1 aromatic heterocycles. The molecule has 0 bridgehead atoms. The molecular formula is C20H27N3O3. The van der Waals surface area contributed by atoms with Gasteiger partial charge in [0.1, 0.15) is 0 Å². The molecule has 1 saturated carbocycles. The Balaban J connectivity index is 1.37. The smallest absolute Gasteiger partial charge is 0.408 e. The van der Waals surface area contributed by atoms with Crippen LogP contribution in [0.25, 0.3) is 11.1 Å². The molecule has 2 heterocycles. The number of hydrogen-bond donors (Lipinski definition) is 1. The summed E-state index contributed by atoms with van der Waals surface area (Å²) in [6.07, 6.45) is 7.87. The summed E-state index contributed by atoms with van der Waals surface area (Å²) < 4.78 is 6.83. The molecule has 1 N–H and O–H groups in total. The van der Waals surface area contributed by atoms with Gasteiger partial charge in [0.2, 0.25) is 0 Å². The largest absolute Gasteiger partial charge is 0.419 e. The van der Waals surface area contributed by atoms with Crippen LogP contribution in [-0.4, -0.2) is 34.6 Å². The van der Waals surface area contributed by atoms with E-state index in [-0.39, 0.29) is 11.8 Å². The van der Waals surface area contributed by atoms with Gasteiger partial charge in [0.05, 0.1) is 5.52 Å². The van der Waals surface area contributed by atoms with Crippen LogP contribution >= 0.6 is 0 Å². The molecule has 2 amide bonds. The summed E-state index contributed by atoms with van der Waals surface area (Å²) in [4.78, 5) is 26.1. The minimum atomic E-state index is -0.327. The first kappa shape index (κ1) is 17.2. The Labute approximate surface area is 153 Å². The number of aryl methyl sites for hydroxylation is 1. The van der Waals surface area contributed by atoms with Gasteiger partial charge in [0.15, 0.2) is 5.58 Å². The number of nitrogens with one attached hydrogen (secondary N) is 1. The molecule has 4 rings (SSSR count). The molecule has 140 valence electrons. The fraction of sp³-hybridized carbons (Fsp3) is 0.600. The second-order valence-electron chi connectivity index (χ2n) is 7.70. The molecular weight excluding hydrogens is 330 g/mol. The van der Waals surface area contributed by atoms with Crippen LogP contribution < -0.4 is 11.1 Å². The second kappa shape index (κ2) is 7.17. The van der Waals surface area contributed by atoms with Gasteiger partial charge in [-0.25, -0.2) is 9.59 Å². The fourth-order valence-electron chi connectivity index (χ4n) is 4.33. The predicted molar refractivity (Wildman–Crippen MR) is 100 cm³/mol. The van der Waals surface area contributed by atoms with Crippen LogP contribution in [0.2, 0.25) is 0 Å². The Hall–Kier alpha value is -2.24. The van der Waals surface area contributed by atoms with Crippen LogP contribution in [0.5, 0.6) is 0 Å². The number of carbonyl (C=O) groups excluding carboxylic acids is 1. The van der Waals surface area contributed by atoms with Crippen molar-refractivity contribution in [1.29, 1.82) is 0 Å². The standard InChI is InChI=1S/C20H27N3O3/c1-22-17-8-7-15(13-18(17)26-20(22)25)14-9-11-23(12-10-14)19(24)21-16-5-3-2-4-6-16/h7-8,13-14,16H,2-6,9-12H2,1H3,(H,21,24). The Bertz CT molecular complexity index is 840. The summed E-state index contributed by atoms with van der Waals surface area (Å²) in [7, 11) is 1.72. The molecule has 2 aliphatic rings. The molecule has 2 fully saturated rings. The van der Waals surface area contributed by atoms with Crippen molar-refractivity contribution < 1.29 is 9.21 Å². The van der Waals surface area contributed by atoms with Gasteiger partial charge in [-0.3, -0.25) is 4.57 Å². The zero-order chi connectivity index (χ0) is 18.1. The minimum absolute atomic E-state index is 0.0971. The number of aromatic nitrogens is 1. The van der Waals surface area contributed by atoms with Crippen LogP contribution in [0.1, 0.15) is 56.4 Å². The number of amides is 2. The molecule has 26 heavy (non-hydrogen) atoms. The van der Waals surface area contributed by atoms with Gasteiger partial charge in [-0.1, -0.05) is 25.3 Å². The van der Waals surface area contributed by atoms with Crippen LogP contribution in [-0.2, 0) is 7.05 Å². The van der Waals surface area contributed by atoms with E-state index >= 15 is 0 Å². The molecule has 0 unspecified atom stereocenters.